The van der Waals surface area contributed by atoms with Gasteiger partial charge in [-0.25, -0.2) is 4.98 Å². The van der Waals surface area contributed by atoms with E-state index in [-0.39, 0.29) is 17.8 Å². The van der Waals surface area contributed by atoms with Crippen LogP contribution >= 0.6 is 23.2 Å². The van der Waals surface area contributed by atoms with E-state index in [1.54, 1.807) is 24.1 Å². The van der Waals surface area contributed by atoms with E-state index in [9.17, 15) is 4.79 Å². The van der Waals surface area contributed by atoms with Crippen molar-refractivity contribution in [2.75, 3.05) is 13.6 Å². The minimum Gasteiger partial charge on any atom is -0.344 e. The molecule has 0 aliphatic heterocycles. The molecule has 6 heteroatoms. The zero-order chi connectivity index (χ0) is 14.9. The first kappa shape index (κ1) is 15.1. The molecule has 0 radical (unpaired) electrons. The molecule has 2 rings (SSSR count). The fourth-order valence-electron chi connectivity index (χ4n) is 2.23. The normalized spacial score (nSPS) is 12.7. The summed E-state index contributed by atoms with van der Waals surface area (Å²) in [6.07, 6.45) is 0. The second kappa shape index (κ2) is 6.02. The van der Waals surface area contributed by atoms with E-state index in [1.807, 2.05) is 24.5 Å². The summed E-state index contributed by atoms with van der Waals surface area (Å²) in [4.78, 5) is 18.5. The van der Waals surface area contributed by atoms with E-state index in [4.69, 9.17) is 23.2 Å². The summed E-state index contributed by atoms with van der Waals surface area (Å²) in [5.74, 6) is 0.960. The fourth-order valence-corrected chi connectivity index (χ4v) is 2.59. The Balaban J connectivity index is 2.54. The van der Waals surface area contributed by atoms with E-state index < -0.39 is 0 Å². The predicted octanol–water partition coefficient (Wildman–Crippen LogP) is 3.47. The van der Waals surface area contributed by atoms with Crippen LogP contribution in [-0.2, 0) is 10.7 Å². The molecule has 4 nitrogen and oxygen atoms in total. The van der Waals surface area contributed by atoms with E-state index in [1.165, 1.54) is 0 Å². The third kappa shape index (κ3) is 2.63. The Kier molecular flexibility index (Phi) is 4.55. The molecule has 20 heavy (non-hydrogen) atoms. The summed E-state index contributed by atoms with van der Waals surface area (Å²) in [7, 11) is 1.79. The van der Waals surface area contributed by atoms with Gasteiger partial charge in [0.25, 0.3) is 0 Å². The SMILES string of the molecule is CCN(C)C(=O)C(C)n1c(CCl)nc2cc(Cl)ccc21. The summed E-state index contributed by atoms with van der Waals surface area (Å²) in [5.41, 5.74) is 1.63. The molecule has 0 saturated heterocycles. The van der Waals surface area contributed by atoms with Gasteiger partial charge in [-0.2, -0.15) is 0 Å². The molecule has 0 saturated carbocycles. The number of carbonyl (C=O) groups excluding carboxylic acids is 1. The van der Waals surface area contributed by atoms with Gasteiger partial charge in [0.15, 0.2) is 0 Å². The van der Waals surface area contributed by atoms with Crippen LogP contribution in [0.5, 0.6) is 0 Å². The molecule has 0 N–H and O–H groups in total. The van der Waals surface area contributed by atoms with Crippen molar-refractivity contribution in [1.82, 2.24) is 14.5 Å². The van der Waals surface area contributed by atoms with Crippen LogP contribution in [0.25, 0.3) is 11.0 Å². The lowest BCUT2D eigenvalue weighted by molar-refractivity contribution is -0.132. The number of halogens is 2. The zero-order valence-electron chi connectivity index (χ0n) is 11.7. The van der Waals surface area contributed by atoms with Gasteiger partial charge in [0.2, 0.25) is 5.91 Å². The van der Waals surface area contributed by atoms with Crippen molar-refractivity contribution in [3.8, 4) is 0 Å². The van der Waals surface area contributed by atoms with Crippen molar-refractivity contribution in [2.24, 2.45) is 0 Å². The standard InChI is InChI=1S/C14H17Cl2N3O/c1-4-18(3)14(20)9(2)19-12-6-5-10(16)7-11(12)17-13(19)8-15/h5-7,9H,4,8H2,1-3H3. The summed E-state index contributed by atoms with van der Waals surface area (Å²) >= 11 is 11.9. The third-order valence-corrected chi connectivity index (χ3v) is 3.91. The summed E-state index contributed by atoms with van der Waals surface area (Å²) < 4.78 is 1.88. The predicted molar refractivity (Wildman–Crippen MR) is 82.3 cm³/mol. The van der Waals surface area contributed by atoms with Crippen molar-refractivity contribution in [1.29, 1.82) is 0 Å². The third-order valence-electron chi connectivity index (χ3n) is 3.44. The molecular weight excluding hydrogens is 297 g/mol. The van der Waals surface area contributed by atoms with Gasteiger partial charge >= 0.3 is 0 Å². The monoisotopic (exact) mass is 313 g/mol. The van der Waals surface area contributed by atoms with Crippen molar-refractivity contribution in [3.05, 3.63) is 29.0 Å². The van der Waals surface area contributed by atoms with Crippen LogP contribution in [0, 0.1) is 0 Å². The molecule has 108 valence electrons. The zero-order valence-corrected chi connectivity index (χ0v) is 13.2. The number of hydrogen-bond donors (Lipinski definition) is 0. The second-order valence-corrected chi connectivity index (χ2v) is 5.40. The number of fused-ring (bicyclic) bond motifs is 1. The van der Waals surface area contributed by atoms with Gasteiger partial charge in [0.05, 0.1) is 16.9 Å². The average molecular weight is 314 g/mol. The number of alkyl halides is 1. The quantitative estimate of drug-likeness (QED) is 0.811. The summed E-state index contributed by atoms with van der Waals surface area (Å²) in [5, 5.41) is 0.618. The number of benzene rings is 1. The number of nitrogens with zero attached hydrogens (tertiary/aromatic N) is 3. The van der Waals surface area contributed by atoms with Crippen LogP contribution in [0.15, 0.2) is 18.2 Å². The van der Waals surface area contributed by atoms with Gasteiger partial charge in [-0.15, -0.1) is 11.6 Å². The van der Waals surface area contributed by atoms with Gasteiger partial charge < -0.3 is 9.47 Å². The second-order valence-electron chi connectivity index (χ2n) is 4.69. The van der Waals surface area contributed by atoms with Crippen LogP contribution in [-0.4, -0.2) is 34.0 Å². The Labute approximate surface area is 128 Å². The largest absolute Gasteiger partial charge is 0.344 e. The number of rotatable bonds is 4. The number of carbonyl (C=O) groups is 1. The molecule has 1 unspecified atom stereocenters. The maximum absolute atomic E-state index is 12.4. The maximum Gasteiger partial charge on any atom is 0.245 e. The Bertz CT molecular complexity index is 639. The lowest BCUT2D eigenvalue weighted by Gasteiger charge is -2.22. The first-order valence-electron chi connectivity index (χ1n) is 6.46. The Hall–Kier alpha value is -1.26. The number of amides is 1. The molecular formula is C14H17Cl2N3O. The van der Waals surface area contributed by atoms with Gasteiger partial charge in [-0.3, -0.25) is 4.79 Å². The fraction of sp³-hybridized carbons (Fsp3) is 0.429. The number of imidazole rings is 1. The minimum atomic E-state index is -0.347. The Morgan fingerprint density at radius 2 is 2.20 bits per heavy atom. The first-order chi connectivity index (χ1) is 9.49. The molecule has 2 aromatic rings. The summed E-state index contributed by atoms with van der Waals surface area (Å²) in [6, 6.07) is 5.10. The van der Waals surface area contributed by atoms with E-state index >= 15 is 0 Å². The van der Waals surface area contributed by atoms with Crippen LogP contribution in [0.2, 0.25) is 5.02 Å². The molecule has 1 aromatic heterocycles. The van der Waals surface area contributed by atoms with Crippen molar-refractivity contribution >= 4 is 40.1 Å². The lowest BCUT2D eigenvalue weighted by Crippen LogP contribution is -2.33. The van der Waals surface area contributed by atoms with E-state index in [0.29, 0.717) is 17.4 Å². The van der Waals surface area contributed by atoms with Crippen molar-refractivity contribution < 1.29 is 4.79 Å². The van der Waals surface area contributed by atoms with Crippen LogP contribution < -0.4 is 0 Å². The van der Waals surface area contributed by atoms with Gasteiger partial charge in [0.1, 0.15) is 11.9 Å². The molecule has 0 aliphatic carbocycles. The topological polar surface area (TPSA) is 38.1 Å². The molecule has 1 amide bonds. The van der Waals surface area contributed by atoms with Gasteiger partial charge in [-0.1, -0.05) is 11.6 Å². The van der Waals surface area contributed by atoms with Gasteiger partial charge in [-0.05, 0) is 32.0 Å². The summed E-state index contributed by atoms with van der Waals surface area (Å²) in [6.45, 7) is 4.47. The molecule has 0 aliphatic rings. The molecule has 0 fully saturated rings. The molecule has 1 atom stereocenters. The van der Waals surface area contributed by atoms with Gasteiger partial charge in [0, 0.05) is 18.6 Å². The molecule has 1 aromatic carbocycles. The smallest absolute Gasteiger partial charge is 0.245 e. The Morgan fingerprint density at radius 3 is 2.80 bits per heavy atom. The highest BCUT2D eigenvalue weighted by atomic mass is 35.5. The highest BCUT2D eigenvalue weighted by molar-refractivity contribution is 6.31. The minimum absolute atomic E-state index is 0.0353. The highest BCUT2D eigenvalue weighted by Gasteiger charge is 2.23. The van der Waals surface area contributed by atoms with Crippen LogP contribution in [0.4, 0.5) is 0 Å². The molecule has 1 heterocycles. The van der Waals surface area contributed by atoms with E-state index in [2.05, 4.69) is 4.98 Å². The number of aromatic nitrogens is 2. The van der Waals surface area contributed by atoms with Crippen molar-refractivity contribution in [3.63, 3.8) is 0 Å². The van der Waals surface area contributed by atoms with Crippen LogP contribution in [0.1, 0.15) is 25.7 Å². The first-order valence-corrected chi connectivity index (χ1v) is 7.38. The van der Waals surface area contributed by atoms with E-state index in [0.717, 1.165) is 11.0 Å². The number of hydrogen-bond acceptors (Lipinski definition) is 2. The van der Waals surface area contributed by atoms with Crippen molar-refractivity contribution in [2.45, 2.75) is 25.8 Å². The van der Waals surface area contributed by atoms with Crippen LogP contribution in [0.3, 0.4) is 0 Å². The lowest BCUT2D eigenvalue weighted by atomic mass is 10.2. The molecule has 0 spiro atoms. The number of likely N-dealkylation sites (N-methyl/N-ethyl adjacent to an activating group) is 1. The maximum atomic E-state index is 12.4. The average Bonchev–Trinajstić information content (AvgIpc) is 2.82. The molecule has 0 bridgehead atoms. The highest BCUT2D eigenvalue weighted by Crippen LogP contribution is 2.25. The Morgan fingerprint density at radius 1 is 1.50 bits per heavy atom.